The van der Waals surface area contributed by atoms with Crippen molar-refractivity contribution in [3.05, 3.63) is 35.6 Å². The number of carbonyl (C=O) groups excluding carboxylic acids is 1. The van der Waals surface area contributed by atoms with Crippen LogP contribution in [0.3, 0.4) is 0 Å². The molecule has 1 saturated heterocycles. The number of benzene rings is 1. The number of esters is 1. The first-order valence-corrected chi connectivity index (χ1v) is 7.72. The van der Waals surface area contributed by atoms with E-state index < -0.39 is 5.41 Å². The van der Waals surface area contributed by atoms with Gasteiger partial charge < -0.3 is 9.47 Å². The zero-order chi connectivity index (χ0) is 14.7. The molecule has 0 radical (unpaired) electrons. The summed E-state index contributed by atoms with van der Waals surface area (Å²) in [6, 6.07) is 6.40. The van der Waals surface area contributed by atoms with Crippen molar-refractivity contribution in [1.82, 2.24) is 0 Å². The number of halogens is 1. The van der Waals surface area contributed by atoms with Crippen LogP contribution in [0, 0.1) is 11.7 Å². The smallest absolute Gasteiger partial charge is 0.316 e. The monoisotopic (exact) mass is 292 g/mol. The van der Waals surface area contributed by atoms with Crippen molar-refractivity contribution in [1.29, 1.82) is 0 Å². The highest BCUT2D eigenvalue weighted by Crippen LogP contribution is 2.42. The Bertz CT molecular complexity index is 503. The van der Waals surface area contributed by atoms with Crippen molar-refractivity contribution < 1.29 is 18.7 Å². The van der Waals surface area contributed by atoms with Crippen molar-refractivity contribution in [3.8, 4) is 0 Å². The van der Waals surface area contributed by atoms with Crippen molar-refractivity contribution in [2.75, 3.05) is 19.8 Å². The molecule has 114 valence electrons. The SMILES string of the molecule is O=C(OC[C@@H]1CCOC1)C1(c2cccc(F)c2)CCCC1. The van der Waals surface area contributed by atoms with Crippen LogP contribution >= 0.6 is 0 Å². The Hall–Kier alpha value is -1.42. The highest BCUT2D eigenvalue weighted by atomic mass is 19.1. The van der Waals surface area contributed by atoms with Crippen LogP contribution < -0.4 is 0 Å². The predicted octanol–water partition coefficient (Wildman–Crippen LogP) is 3.22. The third-order valence-electron chi connectivity index (χ3n) is 4.70. The summed E-state index contributed by atoms with van der Waals surface area (Å²) in [4.78, 5) is 12.7. The first-order chi connectivity index (χ1) is 10.2. The molecule has 2 aliphatic rings. The van der Waals surface area contributed by atoms with Gasteiger partial charge in [-0.25, -0.2) is 4.39 Å². The van der Waals surface area contributed by atoms with Crippen LogP contribution in [0.1, 0.15) is 37.7 Å². The lowest BCUT2D eigenvalue weighted by Gasteiger charge is -2.27. The molecule has 0 unspecified atom stereocenters. The fourth-order valence-corrected chi connectivity index (χ4v) is 3.42. The Balaban J connectivity index is 1.75. The average Bonchev–Trinajstić information content (AvgIpc) is 3.17. The first kappa shape index (κ1) is 14.5. The Morgan fingerprint density at radius 2 is 2.19 bits per heavy atom. The Morgan fingerprint density at radius 3 is 2.86 bits per heavy atom. The van der Waals surface area contributed by atoms with Gasteiger partial charge in [-0.05, 0) is 37.0 Å². The topological polar surface area (TPSA) is 35.5 Å². The molecule has 3 nitrogen and oxygen atoms in total. The fraction of sp³-hybridized carbons (Fsp3) is 0.588. The highest BCUT2D eigenvalue weighted by Gasteiger charge is 2.44. The number of ether oxygens (including phenoxy) is 2. The van der Waals surface area contributed by atoms with Gasteiger partial charge in [0.25, 0.3) is 0 Å². The van der Waals surface area contributed by atoms with Crippen LogP contribution in [0.5, 0.6) is 0 Å². The van der Waals surface area contributed by atoms with E-state index >= 15 is 0 Å². The summed E-state index contributed by atoms with van der Waals surface area (Å²) in [5.41, 5.74) is 0.106. The third-order valence-corrected chi connectivity index (χ3v) is 4.70. The average molecular weight is 292 g/mol. The minimum atomic E-state index is -0.651. The Morgan fingerprint density at radius 1 is 1.38 bits per heavy atom. The number of carbonyl (C=O) groups is 1. The van der Waals surface area contributed by atoms with E-state index in [-0.39, 0.29) is 11.8 Å². The van der Waals surface area contributed by atoms with Crippen LogP contribution in [0.15, 0.2) is 24.3 Å². The highest BCUT2D eigenvalue weighted by molar-refractivity contribution is 5.83. The standard InChI is InChI=1S/C17H21FO3/c18-15-5-3-4-14(10-15)17(7-1-2-8-17)16(19)21-12-13-6-9-20-11-13/h3-5,10,13H,1-2,6-9,11-12H2/t13-/m1/s1. The second-order valence-electron chi connectivity index (χ2n) is 6.13. The maximum absolute atomic E-state index is 13.5. The van der Waals surface area contributed by atoms with Crippen LogP contribution in [0.2, 0.25) is 0 Å². The summed E-state index contributed by atoms with van der Waals surface area (Å²) in [6.07, 6.45) is 4.41. The van der Waals surface area contributed by atoms with Gasteiger partial charge in [-0.1, -0.05) is 25.0 Å². The zero-order valence-electron chi connectivity index (χ0n) is 12.1. The maximum atomic E-state index is 13.5. The maximum Gasteiger partial charge on any atom is 0.316 e. The van der Waals surface area contributed by atoms with Crippen LogP contribution in [-0.4, -0.2) is 25.8 Å². The zero-order valence-corrected chi connectivity index (χ0v) is 12.1. The Labute approximate surface area is 124 Å². The van der Waals surface area contributed by atoms with E-state index in [0.29, 0.717) is 19.1 Å². The van der Waals surface area contributed by atoms with Gasteiger partial charge in [0.15, 0.2) is 0 Å². The van der Waals surface area contributed by atoms with Crippen LogP contribution in [-0.2, 0) is 19.7 Å². The van der Waals surface area contributed by atoms with Gasteiger partial charge in [0, 0.05) is 12.5 Å². The lowest BCUT2D eigenvalue weighted by molar-refractivity contribution is -0.152. The van der Waals surface area contributed by atoms with E-state index in [1.54, 1.807) is 6.07 Å². The van der Waals surface area contributed by atoms with Gasteiger partial charge in [-0.3, -0.25) is 4.79 Å². The van der Waals surface area contributed by atoms with Crippen molar-refractivity contribution in [2.24, 2.45) is 5.92 Å². The minimum Gasteiger partial charge on any atom is -0.465 e. The lowest BCUT2D eigenvalue weighted by Crippen LogP contribution is -2.36. The summed E-state index contributed by atoms with van der Waals surface area (Å²) in [7, 11) is 0. The van der Waals surface area contributed by atoms with Gasteiger partial charge in [0.1, 0.15) is 5.82 Å². The van der Waals surface area contributed by atoms with Crippen molar-refractivity contribution in [2.45, 2.75) is 37.5 Å². The van der Waals surface area contributed by atoms with E-state index in [9.17, 15) is 9.18 Å². The van der Waals surface area contributed by atoms with E-state index in [1.807, 2.05) is 6.07 Å². The molecule has 2 fully saturated rings. The quantitative estimate of drug-likeness (QED) is 0.799. The lowest BCUT2D eigenvalue weighted by atomic mass is 9.79. The molecule has 0 spiro atoms. The van der Waals surface area contributed by atoms with E-state index in [2.05, 4.69) is 0 Å². The molecule has 4 heteroatoms. The molecule has 1 aliphatic heterocycles. The second kappa shape index (κ2) is 6.14. The predicted molar refractivity (Wildman–Crippen MR) is 76.4 cm³/mol. The summed E-state index contributed by atoms with van der Waals surface area (Å²) in [6.45, 7) is 1.83. The molecule has 1 aromatic carbocycles. The molecule has 1 saturated carbocycles. The summed E-state index contributed by atoms with van der Waals surface area (Å²) in [5.74, 6) is -0.187. The molecular weight excluding hydrogens is 271 g/mol. The molecule has 0 bridgehead atoms. The molecule has 0 N–H and O–H groups in total. The van der Waals surface area contributed by atoms with Crippen molar-refractivity contribution in [3.63, 3.8) is 0 Å². The van der Waals surface area contributed by atoms with Crippen LogP contribution in [0.25, 0.3) is 0 Å². The normalized spacial score (nSPS) is 24.1. The van der Waals surface area contributed by atoms with E-state index in [0.717, 1.165) is 44.3 Å². The molecule has 1 heterocycles. The number of hydrogen-bond acceptors (Lipinski definition) is 3. The molecule has 3 rings (SSSR count). The molecular formula is C17H21FO3. The number of rotatable bonds is 4. The molecule has 1 atom stereocenters. The van der Waals surface area contributed by atoms with Gasteiger partial charge in [-0.15, -0.1) is 0 Å². The van der Waals surface area contributed by atoms with Crippen molar-refractivity contribution >= 4 is 5.97 Å². The summed E-state index contributed by atoms with van der Waals surface area (Å²) in [5, 5.41) is 0. The molecule has 0 amide bonds. The minimum absolute atomic E-state index is 0.197. The second-order valence-corrected chi connectivity index (χ2v) is 6.13. The molecule has 1 aliphatic carbocycles. The molecule has 0 aromatic heterocycles. The Kier molecular flexibility index (Phi) is 4.24. The van der Waals surface area contributed by atoms with E-state index in [4.69, 9.17) is 9.47 Å². The van der Waals surface area contributed by atoms with Gasteiger partial charge in [-0.2, -0.15) is 0 Å². The number of hydrogen-bond donors (Lipinski definition) is 0. The molecule has 21 heavy (non-hydrogen) atoms. The van der Waals surface area contributed by atoms with E-state index in [1.165, 1.54) is 12.1 Å². The largest absolute Gasteiger partial charge is 0.465 e. The van der Waals surface area contributed by atoms with Gasteiger partial charge in [0.05, 0.1) is 18.6 Å². The third kappa shape index (κ3) is 2.95. The first-order valence-electron chi connectivity index (χ1n) is 7.72. The van der Waals surface area contributed by atoms with Crippen LogP contribution in [0.4, 0.5) is 4.39 Å². The van der Waals surface area contributed by atoms with Gasteiger partial charge in [0.2, 0.25) is 0 Å². The van der Waals surface area contributed by atoms with Gasteiger partial charge >= 0.3 is 5.97 Å². The fourth-order valence-electron chi connectivity index (χ4n) is 3.42. The summed E-state index contributed by atoms with van der Waals surface area (Å²) >= 11 is 0. The molecule has 1 aromatic rings. The summed E-state index contributed by atoms with van der Waals surface area (Å²) < 4.78 is 24.4.